The van der Waals surface area contributed by atoms with Crippen molar-refractivity contribution in [3.63, 3.8) is 0 Å². The second-order valence-corrected chi connectivity index (χ2v) is 6.19. The van der Waals surface area contributed by atoms with Crippen molar-refractivity contribution in [3.05, 3.63) is 65.4 Å². The third kappa shape index (κ3) is 2.40. The van der Waals surface area contributed by atoms with Crippen LogP contribution in [0.5, 0.6) is 0 Å². The topological polar surface area (TPSA) is 49.0 Å². The Bertz CT molecular complexity index is 850. The van der Waals surface area contributed by atoms with Crippen molar-refractivity contribution < 1.29 is 4.79 Å². The van der Waals surface area contributed by atoms with Crippen LogP contribution in [0.4, 0.5) is 0 Å². The van der Waals surface area contributed by atoms with Gasteiger partial charge in [-0.05, 0) is 31.4 Å². The van der Waals surface area contributed by atoms with Crippen LogP contribution in [0.2, 0.25) is 0 Å². The van der Waals surface area contributed by atoms with Crippen LogP contribution in [0.25, 0.3) is 10.9 Å². The average molecular weight is 305 g/mol. The van der Waals surface area contributed by atoms with Crippen LogP contribution in [0.3, 0.4) is 0 Å². The summed E-state index contributed by atoms with van der Waals surface area (Å²) in [4.78, 5) is 15.0. The third-order valence-corrected chi connectivity index (χ3v) is 4.65. The Morgan fingerprint density at radius 1 is 1.17 bits per heavy atom. The molecule has 0 unspecified atom stereocenters. The molecule has 1 aromatic heterocycles. The molecular weight excluding hydrogens is 286 g/mol. The van der Waals surface area contributed by atoms with E-state index in [1.165, 1.54) is 11.1 Å². The van der Waals surface area contributed by atoms with Gasteiger partial charge >= 0.3 is 0 Å². The van der Waals surface area contributed by atoms with E-state index in [0.717, 1.165) is 30.3 Å². The number of aromatic amines is 1. The number of likely N-dealkylation sites (tertiary alicyclic amines) is 1. The zero-order valence-electron chi connectivity index (χ0n) is 13.1. The summed E-state index contributed by atoms with van der Waals surface area (Å²) in [7, 11) is 0. The molecule has 3 aromatic rings. The van der Waals surface area contributed by atoms with Gasteiger partial charge in [0.25, 0.3) is 5.91 Å². The molecule has 4 nitrogen and oxygen atoms in total. The van der Waals surface area contributed by atoms with E-state index in [1.807, 2.05) is 29.2 Å². The van der Waals surface area contributed by atoms with E-state index in [-0.39, 0.29) is 11.9 Å². The summed E-state index contributed by atoms with van der Waals surface area (Å²) >= 11 is 0. The molecule has 116 valence electrons. The second-order valence-electron chi connectivity index (χ2n) is 6.19. The molecule has 4 rings (SSSR count). The van der Waals surface area contributed by atoms with E-state index in [9.17, 15) is 4.79 Å². The Balaban J connectivity index is 1.68. The van der Waals surface area contributed by atoms with Crippen molar-refractivity contribution in [1.82, 2.24) is 15.1 Å². The van der Waals surface area contributed by atoms with Gasteiger partial charge in [-0.3, -0.25) is 9.89 Å². The minimum Gasteiger partial charge on any atom is -0.330 e. The summed E-state index contributed by atoms with van der Waals surface area (Å²) < 4.78 is 0. The number of carbonyl (C=O) groups excluding carboxylic acids is 1. The maximum atomic E-state index is 13.0. The number of H-pyrrole nitrogens is 1. The van der Waals surface area contributed by atoms with Gasteiger partial charge in [0.05, 0.1) is 11.6 Å². The summed E-state index contributed by atoms with van der Waals surface area (Å²) in [5, 5.41) is 8.12. The molecule has 0 bridgehead atoms. The van der Waals surface area contributed by atoms with Crippen LogP contribution >= 0.6 is 0 Å². The fourth-order valence-corrected chi connectivity index (χ4v) is 3.41. The van der Waals surface area contributed by atoms with E-state index >= 15 is 0 Å². The molecule has 0 aliphatic carbocycles. The molecule has 2 aromatic carbocycles. The molecule has 0 spiro atoms. The standard InChI is InChI=1S/C19H19N3O/c1-13-8-10-14(11-9-13)17-7-4-12-22(17)19(23)18-15-5-2-3-6-16(15)20-21-18/h2-3,5-6,8-11,17H,4,7,12H2,1H3,(H,20,21)/t17-/m1/s1. The quantitative estimate of drug-likeness (QED) is 0.782. The first-order valence-corrected chi connectivity index (χ1v) is 8.05. The van der Waals surface area contributed by atoms with Crippen molar-refractivity contribution in [2.75, 3.05) is 6.54 Å². The van der Waals surface area contributed by atoms with Gasteiger partial charge in [-0.1, -0.05) is 48.0 Å². The van der Waals surface area contributed by atoms with Gasteiger partial charge in [-0.2, -0.15) is 5.10 Å². The van der Waals surface area contributed by atoms with Gasteiger partial charge < -0.3 is 4.90 Å². The number of carbonyl (C=O) groups is 1. The molecule has 1 fully saturated rings. The first kappa shape index (κ1) is 14.0. The average Bonchev–Trinajstić information content (AvgIpc) is 3.22. The Hall–Kier alpha value is -2.62. The highest BCUT2D eigenvalue weighted by molar-refractivity contribution is 6.04. The molecule has 0 saturated carbocycles. The number of amides is 1. The number of rotatable bonds is 2. The molecule has 1 aliphatic heterocycles. The largest absolute Gasteiger partial charge is 0.330 e. The monoisotopic (exact) mass is 305 g/mol. The Morgan fingerprint density at radius 2 is 1.96 bits per heavy atom. The lowest BCUT2D eigenvalue weighted by Gasteiger charge is -2.24. The normalized spacial score (nSPS) is 17.8. The SMILES string of the molecule is Cc1ccc([C@H]2CCCN2C(=O)c2n[nH]c3ccccc23)cc1. The van der Waals surface area contributed by atoms with Crippen molar-refractivity contribution in [1.29, 1.82) is 0 Å². The van der Waals surface area contributed by atoms with Gasteiger partial charge in [0.1, 0.15) is 0 Å². The third-order valence-electron chi connectivity index (χ3n) is 4.65. The van der Waals surface area contributed by atoms with Crippen LogP contribution < -0.4 is 0 Å². The van der Waals surface area contributed by atoms with Gasteiger partial charge in [-0.25, -0.2) is 0 Å². The molecule has 1 aliphatic rings. The molecule has 1 amide bonds. The lowest BCUT2D eigenvalue weighted by Crippen LogP contribution is -2.31. The molecular formula is C19H19N3O. The van der Waals surface area contributed by atoms with Crippen LogP contribution in [-0.2, 0) is 0 Å². The predicted molar refractivity (Wildman–Crippen MR) is 90.3 cm³/mol. The highest BCUT2D eigenvalue weighted by atomic mass is 16.2. The fourth-order valence-electron chi connectivity index (χ4n) is 3.41. The molecule has 2 heterocycles. The number of fused-ring (bicyclic) bond motifs is 1. The van der Waals surface area contributed by atoms with E-state index in [0.29, 0.717) is 5.69 Å². The van der Waals surface area contributed by atoms with E-state index in [2.05, 4.69) is 41.4 Å². The zero-order chi connectivity index (χ0) is 15.8. The molecule has 4 heteroatoms. The highest BCUT2D eigenvalue weighted by Crippen LogP contribution is 2.33. The molecule has 1 atom stereocenters. The van der Waals surface area contributed by atoms with Crippen molar-refractivity contribution in [2.24, 2.45) is 0 Å². The zero-order valence-corrected chi connectivity index (χ0v) is 13.1. The summed E-state index contributed by atoms with van der Waals surface area (Å²) in [5.41, 5.74) is 3.88. The van der Waals surface area contributed by atoms with Gasteiger partial charge in [0.15, 0.2) is 5.69 Å². The van der Waals surface area contributed by atoms with Gasteiger partial charge in [0, 0.05) is 11.9 Å². The Labute approximate surface area is 135 Å². The molecule has 0 radical (unpaired) electrons. The molecule has 23 heavy (non-hydrogen) atoms. The molecule has 1 saturated heterocycles. The van der Waals surface area contributed by atoms with Gasteiger partial charge in [0.2, 0.25) is 0 Å². The Morgan fingerprint density at radius 3 is 2.78 bits per heavy atom. The number of benzene rings is 2. The second kappa shape index (κ2) is 5.54. The molecule has 1 N–H and O–H groups in total. The number of para-hydroxylation sites is 1. The first-order chi connectivity index (χ1) is 11.2. The summed E-state index contributed by atoms with van der Waals surface area (Å²) in [6.07, 6.45) is 2.05. The number of aromatic nitrogens is 2. The number of nitrogens with one attached hydrogen (secondary N) is 1. The summed E-state index contributed by atoms with van der Waals surface area (Å²) in [5.74, 6) is 0.0190. The maximum absolute atomic E-state index is 13.0. The van der Waals surface area contributed by atoms with Crippen molar-refractivity contribution in [3.8, 4) is 0 Å². The van der Waals surface area contributed by atoms with Crippen LogP contribution in [0.15, 0.2) is 48.5 Å². The van der Waals surface area contributed by atoms with Crippen molar-refractivity contribution in [2.45, 2.75) is 25.8 Å². The summed E-state index contributed by atoms with van der Waals surface area (Å²) in [6.45, 7) is 2.87. The van der Waals surface area contributed by atoms with Crippen LogP contribution in [0.1, 0.15) is 40.5 Å². The Kier molecular flexibility index (Phi) is 3.37. The maximum Gasteiger partial charge on any atom is 0.275 e. The smallest absolute Gasteiger partial charge is 0.275 e. The van der Waals surface area contributed by atoms with E-state index in [4.69, 9.17) is 0 Å². The fraction of sp³-hybridized carbons (Fsp3) is 0.263. The summed E-state index contributed by atoms with van der Waals surface area (Å²) in [6, 6.07) is 16.4. The predicted octanol–water partition coefficient (Wildman–Crippen LogP) is 3.85. The van der Waals surface area contributed by atoms with E-state index in [1.54, 1.807) is 0 Å². The van der Waals surface area contributed by atoms with E-state index < -0.39 is 0 Å². The minimum atomic E-state index is 0.0190. The number of hydrogen-bond donors (Lipinski definition) is 1. The van der Waals surface area contributed by atoms with Gasteiger partial charge in [-0.15, -0.1) is 0 Å². The minimum absolute atomic E-state index is 0.0190. The number of nitrogens with zero attached hydrogens (tertiary/aromatic N) is 2. The van der Waals surface area contributed by atoms with Crippen LogP contribution in [0, 0.1) is 6.92 Å². The van der Waals surface area contributed by atoms with Crippen molar-refractivity contribution >= 4 is 16.8 Å². The highest BCUT2D eigenvalue weighted by Gasteiger charge is 2.32. The first-order valence-electron chi connectivity index (χ1n) is 8.05. The number of hydrogen-bond acceptors (Lipinski definition) is 2. The lowest BCUT2D eigenvalue weighted by atomic mass is 10.0. The van der Waals surface area contributed by atoms with Crippen LogP contribution in [-0.4, -0.2) is 27.5 Å². The number of aryl methyl sites for hydroxylation is 1. The lowest BCUT2D eigenvalue weighted by molar-refractivity contribution is 0.0731.